The Morgan fingerprint density at radius 1 is 1.00 bits per heavy atom. The van der Waals surface area contributed by atoms with Gasteiger partial charge in [0, 0.05) is 6.54 Å². The minimum Gasteiger partial charge on any atom is -0.497 e. The van der Waals surface area contributed by atoms with Crippen LogP contribution in [0, 0.1) is 0 Å². The molecule has 2 aromatic rings. The zero-order valence-corrected chi connectivity index (χ0v) is 14.2. The van der Waals surface area contributed by atoms with Crippen LogP contribution in [0.3, 0.4) is 0 Å². The first-order chi connectivity index (χ1) is 11.7. The quantitative estimate of drug-likeness (QED) is 0.729. The van der Waals surface area contributed by atoms with E-state index in [9.17, 15) is 4.79 Å². The van der Waals surface area contributed by atoms with Gasteiger partial charge in [-0.3, -0.25) is 0 Å². The fourth-order valence-corrected chi connectivity index (χ4v) is 2.25. The van der Waals surface area contributed by atoms with E-state index in [0.717, 1.165) is 29.9 Å². The summed E-state index contributed by atoms with van der Waals surface area (Å²) in [5.74, 6) is 1.51. The minimum atomic E-state index is -0.277. The number of aryl methyl sites for hydroxylation is 1. The molecule has 2 rings (SSSR count). The lowest BCUT2D eigenvalue weighted by atomic mass is 10.1. The molecule has 0 atom stereocenters. The zero-order chi connectivity index (χ0) is 17.2. The number of nitrogens with one attached hydrogen (secondary N) is 2. The maximum atomic E-state index is 11.8. The molecule has 128 valence electrons. The number of hydrogen-bond acceptors (Lipinski definition) is 3. The van der Waals surface area contributed by atoms with Crippen molar-refractivity contribution in [1.82, 2.24) is 10.6 Å². The fraction of sp³-hybridized carbons (Fsp3) is 0.316. The molecule has 0 aliphatic rings. The van der Waals surface area contributed by atoms with Crippen LogP contribution >= 0.6 is 0 Å². The molecule has 0 unspecified atom stereocenters. The largest absolute Gasteiger partial charge is 0.497 e. The van der Waals surface area contributed by atoms with Crippen molar-refractivity contribution >= 4 is 6.03 Å². The summed E-state index contributed by atoms with van der Waals surface area (Å²) in [4.78, 5) is 11.8. The van der Waals surface area contributed by atoms with Gasteiger partial charge in [0.25, 0.3) is 0 Å². The summed E-state index contributed by atoms with van der Waals surface area (Å²) in [6.07, 6.45) is 2.18. The summed E-state index contributed by atoms with van der Waals surface area (Å²) >= 11 is 0. The predicted molar refractivity (Wildman–Crippen MR) is 94.3 cm³/mol. The second kappa shape index (κ2) is 9.45. The second-order valence-corrected chi connectivity index (χ2v) is 5.39. The lowest BCUT2D eigenvalue weighted by molar-refractivity contribution is 0.223. The number of rotatable bonds is 8. The van der Waals surface area contributed by atoms with E-state index in [1.54, 1.807) is 7.11 Å². The summed E-state index contributed by atoms with van der Waals surface area (Å²) < 4.78 is 10.7. The van der Waals surface area contributed by atoms with Crippen molar-refractivity contribution in [3.63, 3.8) is 0 Å². The standard InChI is InChI=1S/C19H24N2O3/c1-3-5-15-8-10-17(11-9-15)24-14-21-19(22)20-13-16-6-4-7-18(12-16)23-2/h4,6-12H,3,5,13-14H2,1-2H3,(H2,20,21,22). The van der Waals surface area contributed by atoms with E-state index in [1.807, 2.05) is 48.5 Å². The summed E-state index contributed by atoms with van der Waals surface area (Å²) in [7, 11) is 1.62. The first-order valence-electron chi connectivity index (χ1n) is 8.07. The lowest BCUT2D eigenvalue weighted by Crippen LogP contribution is -2.37. The average molecular weight is 328 g/mol. The molecule has 0 saturated carbocycles. The molecule has 0 heterocycles. The maximum absolute atomic E-state index is 11.8. The third-order valence-electron chi connectivity index (χ3n) is 3.52. The molecule has 5 nitrogen and oxygen atoms in total. The molecule has 0 radical (unpaired) electrons. The van der Waals surface area contributed by atoms with Gasteiger partial charge in [0.05, 0.1) is 7.11 Å². The molecule has 0 aromatic heterocycles. The van der Waals surface area contributed by atoms with Gasteiger partial charge in [-0.05, 0) is 41.8 Å². The van der Waals surface area contributed by atoms with E-state index < -0.39 is 0 Å². The van der Waals surface area contributed by atoms with Crippen LogP contribution < -0.4 is 20.1 Å². The van der Waals surface area contributed by atoms with Crippen molar-refractivity contribution in [2.24, 2.45) is 0 Å². The van der Waals surface area contributed by atoms with Crippen molar-refractivity contribution in [3.05, 3.63) is 59.7 Å². The Morgan fingerprint density at radius 3 is 2.50 bits per heavy atom. The highest BCUT2D eigenvalue weighted by molar-refractivity contribution is 5.73. The van der Waals surface area contributed by atoms with Crippen molar-refractivity contribution in [3.8, 4) is 11.5 Å². The SMILES string of the molecule is CCCc1ccc(OCNC(=O)NCc2cccc(OC)c2)cc1. The van der Waals surface area contributed by atoms with Crippen LogP contribution in [0.15, 0.2) is 48.5 Å². The van der Waals surface area contributed by atoms with Gasteiger partial charge in [-0.1, -0.05) is 37.6 Å². The van der Waals surface area contributed by atoms with Crippen molar-refractivity contribution in [1.29, 1.82) is 0 Å². The van der Waals surface area contributed by atoms with Gasteiger partial charge in [-0.25, -0.2) is 4.79 Å². The molecule has 0 saturated heterocycles. The Hall–Kier alpha value is -2.69. The molecule has 0 aliphatic carbocycles. The fourth-order valence-electron chi connectivity index (χ4n) is 2.25. The first kappa shape index (κ1) is 17.7. The number of carbonyl (C=O) groups excluding carboxylic acids is 1. The predicted octanol–water partition coefficient (Wildman–Crippen LogP) is 3.48. The number of benzene rings is 2. The molecule has 0 fully saturated rings. The monoisotopic (exact) mass is 328 g/mol. The Balaban J connectivity index is 1.69. The van der Waals surface area contributed by atoms with E-state index >= 15 is 0 Å². The van der Waals surface area contributed by atoms with E-state index in [2.05, 4.69) is 17.6 Å². The van der Waals surface area contributed by atoms with Gasteiger partial charge < -0.3 is 20.1 Å². The van der Waals surface area contributed by atoms with Crippen molar-refractivity contribution in [2.75, 3.05) is 13.8 Å². The van der Waals surface area contributed by atoms with Gasteiger partial charge in [0.15, 0.2) is 6.73 Å². The molecule has 2 aromatic carbocycles. The van der Waals surface area contributed by atoms with Gasteiger partial charge in [-0.2, -0.15) is 0 Å². The van der Waals surface area contributed by atoms with E-state index in [4.69, 9.17) is 9.47 Å². The molecule has 24 heavy (non-hydrogen) atoms. The average Bonchev–Trinajstić information content (AvgIpc) is 2.62. The van der Waals surface area contributed by atoms with E-state index in [1.165, 1.54) is 5.56 Å². The number of methoxy groups -OCH3 is 1. The molecular weight excluding hydrogens is 304 g/mol. The Morgan fingerprint density at radius 2 is 1.79 bits per heavy atom. The number of amides is 2. The third-order valence-corrected chi connectivity index (χ3v) is 3.52. The van der Waals surface area contributed by atoms with Crippen molar-refractivity contribution < 1.29 is 14.3 Å². The van der Waals surface area contributed by atoms with Crippen LogP contribution in [0.1, 0.15) is 24.5 Å². The second-order valence-electron chi connectivity index (χ2n) is 5.39. The zero-order valence-electron chi connectivity index (χ0n) is 14.2. The topological polar surface area (TPSA) is 59.6 Å². The molecular formula is C19H24N2O3. The molecule has 5 heteroatoms. The molecule has 0 spiro atoms. The van der Waals surface area contributed by atoms with Crippen LogP contribution in [0.25, 0.3) is 0 Å². The Kier molecular flexibility index (Phi) is 6.95. The van der Waals surface area contributed by atoms with Crippen LogP contribution in [0.2, 0.25) is 0 Å². The molecule has 2 amide bonds. The van der Waals surface area contributed by atoms with Gasteiger partial charge in [0.2, 0.25) is 0 Å². The van der Waals surface area contributed by atoms with Crippen molar-refractivity contribution in [2.45, 2.75) is 26.3 Å². The highest BCUT2D eigenvalue weighted by atomic mass is 16.5. The smallest absolute Gasteiger partial charge is 0.317 e. The van der Waals surface area contributed by atoms with Crippen LogP contribution in [-0.4, -0.2) is 19.9 Å². The Bertz CT molecular complexity index is 641. The van der Waals surface area contributed by atoms with Crippen LogP contribution in [-0.2, 0) is 13.0 Å². The van der Waals surface area contributed by atoms with Gasteiger partial charge >= 0.3 is 6.03 Å². The molecule has 0 bridgehead atoms. The number of hydrogen-bond donors (Lipinski definition) is 2. The van der Waals surface area contributed by atoms with Crippen LogP contribution in [0.4, 0.5) is 4.79 Å². The normalized spacial score (nSPS) is 10.1. The third kappa shape index (κ3) is 5.83. The molecule has 2 N–H and O–H groups in total. The summed E-state index contributed by atoms with van der Waals surface area (Å²) in [5.41, 5.74) is 2.26. The summed E-state index contributed by atoms with van der Waals surface area (Å²) in [6.45, 7) is 2.70. The number of urea groups is 1. The number of ether oxygens (including phenoxy) is 2. The van der Waals surface area contributed by atoms with Crippen LogP contribution in [0.5, 0.6) is 11.5 Å². The first-order valence-corrected chi connectivity index (χ1v) is 8.07. The summed E-state index contributed by atoms with van der Waals surface area (Å²) in [5, 5.41) is 5.44. The molecule has 0 aliphatic heterocycles. The van der Waals surface area contributed by atoms with Gasteiger partial charge in [-0.15, -0.1) is 0 Å². The lowest BCUT2D eigenvalue weighted by Gasteiger charge is -2.10. The van der Waals surface area contributed by atoms with E-state index in [-0.39, 0.29) is 12.8 Å². The highest BCUT2D eigenvalue weighted by Crippen LogP contribution is 2.13. The van der Waals surface area contributed by atoms with E-state index in [0.29, 0.717) is 6.54 Å². The highest BCUT2D eigenvalue weighted by Gasteiger charge is 2.02. The number of carbonyl (C=O) groups is 1. The minimum absolute atomic E-state index is 0.122. The Labute approximate surface area is 143 Å². The van der Waals surface area contributed by atoms with Gasteiger partial charge in [0.1, 0.15) is 11.5 Å². The summed E-state index contributed by atoms with van der Waals surface area (Å²) in [6, 6.07) is 15.2. The maximum Gasteiger partial charge on any atom is 0.317 e.